The Hall–Kier alpha value is -0.720. The van der Waals surface area contributed by atoms with Gasteiger partial charge in [-0.2, -0.15) is 4.37 Å². The molecule has 0 unspecified atom stereocenters. The highest BCUT2D eigenvalue weighted by Gasteiger charge is 2.06. The molecule has 0 atom stereocenters. The van der Waals surface area contributed by atoms with Crippen molar-refractivity contribution in [3.8, 4) is 0 Å². The third-order valence-electron chi connectivity index (χ3n) is 1.11. The van der Waals surface area contributed by atoms with Gasteiger partial charge in [0.15, 0.2) is 5.82 Å². The first-order valence-corrected chi connectivity index (χ1v) is 4.74. The minimum Gasteiger partial charge on any atom is -0.377 e. The predicted molar refractivity (Wildman–Crippen MR) is 50.0 cm³/mol. The van der Waals surface area contributed by atoms with Crippen molar-refractivity contribution in [2.45, 2.75) is 6.61 Å². The number of halogens is 1. The number of anilines is 1. The first kappa shape index (κ1) is 10.4. The highest BCUT2D eigenvalue weighted by Crippen LogP contribution is 2.11. The number of carbonyl (C=O) groups is 1. The molecule has 72 valence electrons. The van der Waals surface area contributed by atoms with Crippen LogP contribution in [0.25, 0.3) is 0 Å². The number of alkyl halides is 1. The summed E-state index contributed by atoms with van der Waals surface area (Å²) >= 11 is 6.39. The fraction of sp³-hybridized carbons (Fsp3) is 0.500. The maximum absolute atomic E-state index is 10.8. The van der Waals surface area contributed by atoms with Crippen LogP contribution in [0.2, 0.25) is 0 Å². The largest absolute Gasteiger partial charge is 0.377 e. The summed E-state index contributed by atoms with van der Waals surface area (Å²) in [6.07, 6.45) is 0. The molecule has 0 aliphatic carbocycles. The highest BCUT2D eigenvalue weighted by molar-refractivity contribution is 7.09. The standard InChI is InChI=1S/C6H8ClN3O2S/c1-12-3-4-8-6(13-10-4)9-5(11)2-7/h2-3H2,1H3,(H,8,9,10,11). The Morgan fingerprint density at radius 2 is 2.54 bits per heavy atom. The first-order valence-electron chi connectivity index (χ1n) is 3.43. The lowest BCUT2D eigenvalue weighted by Gasteiger charge is -1.94. The first-order chi connectivity index (χ1) is 6.26. The molecule has 1 aromatic heterocycles. The smallest absolute Gasteiger partial charge is 0.241 e. The quantitative estimate of drug-likeness (QED) is 0.766. The van der Waals surface area contributed by atoms with Crippen LogP contribution >= 0.6 is 23.1 Å². The van der Waals surface area contributed by atoms with Gasteiger partial charge in [-0.3, -0.25) is 10.1 Å². The number of hydrogen-bond acceptors (Lipinski definition) is 5. The van der Waals surface area contributed by atoms with Crippen molar-refractivity contribution in [3.63, 3.8) is 0 Å². The van der Waals surface area contributed by atoms with Crippen molar-refractivity contribution in [1.29, 1.82) is 0 Å². The second-order valence-corrected chi connectivity index (χ2v) is 3.15. The van der Waals surface area contributed by atoms with Crippen LogP contribution in [-0.4, -0.2) is 28.3 Å². The lowest BCUT2D eigenvalue weighted by atomic mass is 10.7. The molecule has 0 radical (unpaired) electrons. The zero-order chi connectivity index (χ0) is 9.68. The molecule has 0 saturated carbocycles. The summed E-state index contributed by atoms with van der Waals surface area (Å²) in [5, 5.41) is 2.93. The summed E-state index contributed by atoms with van der Waals surface area (Å²) in [6.45, 7) is 0.341. The molecule has 0 bridgehead atoms. The lowest BCUT2D eigenvalue weighted by Crippen LogP contribution is -2.12. The number of carbonyl (C=O) groups excluding carboxylic acids is 1. The monoisotopic (exact) mass is 221 g/mol. The molecule has 1 aromatic rings. The van der Waals surface area contributed by atoms with Gasteiger partial charge in [0.1, 0.15) is 12.5 Å². The van der Waals surface area contributed by atoms with Gasteiger partial charge < -0.3 is 4.74 Å². The molecule has 7 heteroatoms. The van der Waals surface area contributed by atoms with Crippen LogP contribution in [0.1, 0.15) is 5.82 Å². The molecule has 0 fully saturated rings. The van der Waals surface area contributed by atoms with E-state index in [0.717, 1.165) is 11.5 Å². The topological polar surface area (TPSA) is 64.1 Å². The molecule has 5 nitrogen and oxygen atoms in total. The van der Waals surface area contributed by atoms with E-state index in [1.54, 1.807) is 7.11 Å². The number of rotatable bonds is 4. The van der Waals surface area contributed by atoms with Gasteiger partial charge in [-0.15, -0.1) is 11.6 Å². The molecule has 0 saturated heterocycles. The Bertz CT molecular complexity index is 291. The third-order valence-corrected chi connectivity index (χ3v) is 2.02. The van der Waals surface area contributed by atoms with Crippen LogP contribution in [0.3, 0.4) is 0 Å². The van der Waals surface area contributed by atoms with Crippen molar-refractivity contribution in [3.05, 3.63) is 5.82 Å². The van der Waals surface area contributed by atoms with E-state index >= 15 is 0 Å². The molecule has 1 N–H and O–H groups in total. The number of nitrogens with zero attached hydrogens (tertiary/aromatic N) is 2. The van der Waals surface area contributed by atoms with Crippen molar-refractivity contribution < 1.29 is 9.53 Å². The minimum absolute atomic E-state index is 0.0841. The van der Waals surface area contributed by atoms with E-state index in [9.17, 15) is 4.79 Å². The Kier molecular flexibility index (Phi) is 4.07. The van der Waals surface area contributed by atoms with Gasteiger partial charge in [0.2, 0.25) is 11.0 Å². The van der Waals surface area contributed by atoms with E-state index in [1.807, 2.05) is 0 Å². The van der Waals surface area contributed by atoms with E-state index in [0.29, 0.717) is 17.6 Å². The van der Waals surface area contributed by atoms with Crippen LogP contribution in [0.5, 0.6) is 0 Å². The normalized spacial score (nSPS) is 10.0. The Labute approximate surface area is 84.2 Å². The Morgan fingerprint density at radius 1 is 1.77 bits per heavy atom. The Balaban J connectivity index is 2.53. The van der Waals surface area contributed by atoms with Gasteiger partial charge in [0.05, 0.1) is 0 Å². The van der Waals surface area contributed by atoms with Crippen molar-refractivity contribution in [2.75, 3.05) is 18.3 Å². The summed E-state index contributed by atoms with van der Waals surface area (Å²) in [7, 11) is 1.55. The second-order valence-electron chi connectivity index (χ2n) is 2.13. The van der Waals surface area contributed by atoms with Gasteiger partial charge >= 0.3 is 0 Å². The van der Waals surface area contributed by atoms with Crippen LogP contribution in [-0.2, 0) is 16.1 Å². The molecule has 1 heterocycles. The number of aromatic nitrogens is 2. The number of amides is 1. The van der Waals surface area contributed by atoms with Crippen molar-refractivity contribution in [1.82, 2.24) is 9.36 Å². The fourth-order valence-electron chi connectivity index (χ4n) is 0.645. The average molecular weight is 222 g/mol. The maximum atomic E-state index is 10.8. The molecule has 13 heavy (non-hydrogen) atoms. The zero-order valence-corrected chi connectivity index (χ0v) is 8.48. The van der Waals surface area contributed by atoms with Crippen LogP contribution in [0.15, 0.2) is 0 Å². The van der Waals surface area contributed by atoms with Gasteiger partial charge in [-0.1, -0.05) is 0 Å². The SMILES string of the molecule is COCc1nsc(NC(=O)CCl)n1. The maximum Gasteiger partial charge on any atom is 0.241 e. The van der Waals surface area contributed by atoms with Crippen LogP contribution in [0, 0.1) is 0 Å². The van der Waals surface area contributed by atoms with Gasteiger partial charge in [0, 0.05) is 18.6 Å². The minimum atomic E-state index is -0.290. The molecule has 1 rings (SSSR count). The van der Waals surface area contributed by atoms with Crippen molar-refractivity contribution >= 4 is 34.2 Å². The summed E-state index contributed by atoms with van der Waals surface area (Å²) in [4.78, 5) is 14.8. The average Bonchev–Trinajstić information content (AvgIpc) is 2.53. The molecule has 0 aromatic carbocycles. The van der Waals surface area contributed by atoms with Gasteiger partial charge in [0.25, 0.3) is 0 Å². The van der Waals surface area contributed by atoms with E-state index in [1.165, 1.54) is 0 Å². The van der Waals surface area contributed by atoms with Crippen LogP contribution < -0.4 is 5.32 Å². The van der Waals surface area contributed by atoms with Crippen LogP contribution in [0.4, 0.5) is 5.13 Å². The molecular formula is C6H8ClN3O2S. The Morgan fingerprint density at radius 3 is 3.15 bits per heavy atom. The summed E-state index contributed by atoms with van der Waals surface area (Å²) in [5.74, 6) is 0.179. The zero-order valence-electron chi connectivity index (χ0n) is 6.91. The molecule has 0 aliphatic rings. The van der Waals surface area contributed by atoms with E-state index in [2.05, 4.69) is 14.7 Å². The molecular weight excluding hydrogens is 214 g/mol. The molecule has 0 aliphatic heterocycles. The number of methoxy groups -OCH3 is 1. The summed E-state index contributed by atoms with van der Waals surface area (Å²) < 4.78 is 8.76. The molecule has 1 amide bonds. The van der Waals surface area contributed by atoms with E-state index < -0.39 is 0 Å². The number of hydrogen-bond donors (Lipinski definition) is 1. The lowest BCUT2D eigenvalue weighted by molar-refractivity contribution is -0.113. The fourth-order valence-corrected chi connectivity index (χ4v) is 1.30. The molecule has 0 spiro atoms. The summed E-state index contributed by atoms with van der Waals surface area (Å²) in [6, 6.07) is 0. The van der Waals surface area contributed by atoms with Gasteiger partial charge in [-0.25, -0.2) is 4.98 Å². The number of nitrogens with one attached hydrogen (secondary N) is 1. The van der Waals surface area contributed by atoms with Crippen molar-refractivity contribution in [2.24, 2.45) is 0 Å². The van der Waals surface area contributed by atoms with Gasteiger partial charge in [-0.05, 0) is 0 Å². The predicted octanol–water partition coefficient (Wildman–Crippen LogP) is 0.862. The second kappa shape index (κ2) is 5.11. The third kappa shape index (κ3) is 3.25. The van der Waals surface area contributed by atoms with E-state index in [4.69, 9.17) is 16.3 Å². The number of ether oxygens (including phenoxy) is 1. The highest BCUT2D eigenvalue weighted by atomic mass is 35.5. The summed E-state index contributed by atoms with van der Waals surface area (Å²) in [5.41, 5.74) is 0. The van der Waals surface area contributed by atoms with E-state index in [-0.39, 0.29) is 11.8 Å².